The molecule has 0 aromatic carbocycles. The standard InChI is InChI=1S/C21H28N4O3S/c1-3-19(26)24-8-10-25(11-9-24)21-23-17-7-5-15(12-18(17)29-21)20(27)22-13-16-6-4-14(2)28-16/h4,6,15H,3,5,7-13H2,1-2H3,(H,22,27)/t15-/m0/s1. The van der Waals surface area contributed by atoms with Gasteiger partial charge in [-0.05, 0) is 38.3 Å². The van der Waals surface area contributed by atoms with E-state index in [4.69, 9.17) is 9.40 Å². The van der Waals surface area contributed by atoms with Crippen molar-refractivity contribution in [3.8, 4) is 0 Å². The molecule has 2 aromatic rings. The zero-order valence-electron chi connectivity index (χ0n) is 17.1. The number of piperazine rings is 1. The highest BCUT2D eigenvalue weighted by Crippen LogP contribution is 2.34. The molecule has 4 rings (SSSR count). The van der Waals surface area contributed by atoms with Gasteiger partial charge < -0.3 is 19.5 Å². The number of thiazole rings is 1. The van der Waals surface area contributed by atoms with Crippen molar-refractivity contribution in [1.29, 1.82) is 0 Å². The minimum absolute atomic E-state index is 0.00844. The lowest BCUT2D eigenvalue weighted by Crippen LogP contribution is -2.48. The average molecular weight is 417 g/mol. The number of carbonyl (C=O) groups excluding carboxylic acids is 2. The number of hydrogen-bond acceptors (Lipinski definition) is 6. The Kier molecular flexibility index (Phi) is 5.89. The molecule has 1 saturated heterocycles. The SMILES string of the molecule is CCC(=O)N1CCN(c2nc3c(s2)C[C@@H](C(=O)NCc2ccc(C)o2)CC3)CC1. The number of amides is 2. The number of aromatic nitrogens is 1. The van der Waals surface area contributed by atoms with Gasteiger partial charge in [0.1, 0.15) is 11.5 Å². The third-order valence-corrected chi connectivity index (χ3v) is 6.92. The van der Waals surface area contributed by atoms with Crippen molar-refractivity contribution < 1.29 is 14.0 Å². The number of anilines is 1. The van der Waals surface area contributed by atoms with E-state index >= 15 is 0 Å². The first-order chi connectivity index (χ1) is 14.0. The Morgan fingerprint density at radius 2 is 2.07 bits per heavy atom. The van der Waals surface area contributed by atoms with Gasteiger partial charge in [-0.2, -0.15) is 0 Å². The number of rotatable bonds is 5. The molecule has 1 aliphatic carbocycles. The molecular formula is C21H28N4O3S. The van der Waals surface area contributed by atoms with E-state index in [2.05, 4.69) is 10.2 Å². The van der Waals surface area contributed by atoms with Crippen LogP contribution in [0.5, 0.6) is 0 Å². The quantitative estimate of drug-likeness (QED) is 0.810. The fourth-order valence-electron chi connectivity index (χ4n) is 3.99. The minimum atomic E-state index is -0.00844. The van der Waals surface area contributed by atoms with Gasteiger partial charge in [0.2, 0.25) is 11.8 Å². The van der Waals surface area contributed by atoms with E-state index in [1.807, 2.05) is 30.9 Å². The summed E-state index contributed by atoms with van der Waals surface area (Å²) in [6.45, 7) is 7.41. The van der Waals surface area contributed by atoms with Crippen LogP contribution in [0.1, 0.15) is 41.9 Å². The summed E-state index contributed by atoms with van der Waals surface area (Å²) in [5.74, 6) is 1.95. The zero-order valence-corrected chi connectivity index (χ0v) is 17.9. The van der Waals surface area contributed by atoms with Crippen molar-refractivity contribution in [2.75, 3.05) is 31.1 Å². The van der Waals surface area contributed by atoms with Crippen molar-refractivity contribution in [1.82, 2.24) is 15.2 Å². The van der Waals surface area contributed by atoms with Gasteiger partial charge in [-0.25, -0.2) is 4.98 Å². The molecule has 1 fully saturated rings. The van der Waals surface area contributed by atoms with Crippen molar-refractivity contribution in [2.45, 2.75) is 46.1 Å². The van der Waals surface area contributed by atoms with Crippen molar-refractivity contribution in [3.05, 3.63) is 34.2 Å². The molecule has 3 heterocycles. The summed E-state index contributed by atoms with van der Waals surface area (Å²) >= 11 is 1.71. The maximum Gasteiger partial charge on any atom is 0.223 e. The molecule has 156 valence electrons. The Hall–Kier alpha value is -2.35. The van der Waals surface area contributed by atoms with Gasteiger partial charge in [0, 0.05) is 43.4 Å². The van der Waals surface area contributed by atoms with Crippen LogP contribution in [0.3, 0.4) is 0 Å². The van der Waals surface area contributed by atoms with E-state index in [1.165, 1.54) is 4.88 Å². The number of furan rings is 1. The molecule has 8 heteroatoms. The number of fused-ring (bicyclic) bond motifs is 1. The summed E-state index contributed by atoms with van der Waals surface area (Å²) in [4.78, 5) is 34.8. The Bertz CT molecular complexity index is 882. The topological polar surface area (TPSA) is 78.7 Å². The summed E-state index contributed by atoms with van der Waals surface area (Å²) in [6, 6.07) is 3.81. The van der Waals surface area contributed by atoms with E-state index in [1.54, 1.807) is 11.3 Å². The fraction of sp³-hybridized carbons (Fsp3) is 0.571. The van der Waals surface area contributed by atoms with E-state index < -0.39 is 0 Å². The molecule has 0 unspecified atom stereocenters. The molecule has 1 aliphatic heterocycles. The number of hydrogen-bond donors (Lipinski definition) is 1. The molecular weight excluding hydrogens is 388 g/mol. The lowest BCUT2D eigenvalue weighted by atomic mass is 9.90. The van der Waals surface area contributed by atoms with Crippen LogP contribution >= 0.6 is 11.3 Å². The van der Waals surface area contributed by atoms with Gasteiger partial charge in [0.05, 0.1) is 12.2 Å². The fourth-order valence-corrected chi connectivity index (χ4v) is 5.23. The van der Waals surface area contributed by atoms with E-state index in [0.29, 0.717) is 13.0 Å². The maximum absolute atomic E-state index is 12.6. The highest BCUT2D eigenvalue weighted by Gasteiger charge is 2.29. The van der Waals surface area contributed by atoms with Crippen molar-refractivity contribution >= 4 is 28.3 Å². The second kappa shape index (κ2) is 8.57. The van der Waals surface area contributed by atoms with E-state index in [-0.39, 0.29) is 17.7 Å². The summed E-state index contributed by atoms with van der Waals surface area (Å²) in [5, 5.41) is 4.04. The second-order valence-electron chi connectivity index (χ2n) is 7.76. The summed E-state index contributed by atoms with van der Waals surface area (Å²) in [7, 11) is 0. The van der Waals surface area contributed by atoms with E-state index in [9.17, 15) is 9.59 Å². The number of carbonyl (C=O) groups is 2. The first-order valence-corrected chi connectivity index (χ1v) is 11.2. The van der Waals surface area contributed by atoms with Crippen molar-refractivity contribution in [3.63, 3.8) is 0 Å². The first-order valence-electron chi connectivity index (χ1n) is 10.4. The predicted molar refractivity (Wildman–Crippen MR) is 112 cm³/mol. The highest BCUT2D eigenvalue weighted by molar-refractivity contribution is 7.15. The highest BCUT2D eigenvalue weighted by atomic mass is 32.1. The Labute approximate surface area is 175 Å². The molecule has 29 heavy (non-hydrogen) atoms. The molecule has 2 aromatic heterocycles. The second-order valence-corrected chi connectivity index (χ2v) is 8.82. The number of aryl methyl sites for hydroxylation is 2. The lowest BCUT2D eigenvalue weighted by Gasteiger charge is -2.34. The molecule has 2 amide bonds. The van der Waals surface area contributed by atoms with Crippen molar-refractivity contribution in [2.24, 2.45) is 5.92 Å². The van der Waals surface area contributed by atoms with E-state index in [0.717, 1.165) is 67.8 Å². The third kappa shape index (κ3) is 4.47. The monoisotopic (exact) mass is 416 g/mol. The third-order valence-electron chi connectivity index (χ3n) is 5.74. The van der Waals surface area contributed by atoms with Crippen LogP contribution in [0.25, 0.3) is 0 Å². The Morgan fingerprint density at radius 1 is 1.28 bits per heavy atom. The average Bonchev–Trinajstić information content (AvgIpc) is 3.36. The normalized spacial score (nSPS) is 19.2. The van der Waals surface area contributed by atoms with Crippen LogP contribution in [-0.2, 0) is 29.0 Å². The minimum Gasteiger partial charge on any atom is -0.465 e. The molecule has 1 N–H and O–H groups in total. The molecule has 0 saturated carbocycles. The lowest BCUT2D eigenvalue weighted by molar-refractivity contribution is -0.131. The maximum atomic E-state index is 12.6. The van der Waals surface area contributed by atoms with Gasteiger partial charge in [0.25, 0.3) is 0 Å². The van der Waals surface area contributed by atoms with Gasteiger partial charge >= 0.3 is 0 Å². The number of nitrogens with one attached hydrogen (secondary N) is 1. The molecule has 0 bridgehead atoms. The summed E-state index contributed by atoms with van der Waals surface area (Å²) in [6.07, 6.45) is 2.99. The first kappa shape index (κ1) is 19.9. The molecule has 0 spiro atoms. The molecule has 7 nitrogen and oxygen atoms in total. The van der Waals surface area contributed by atoms with Gasteiger partial charge in [-0.1, -0.05) is 6.92 Å². The molecule has 1 atom stereocenters. The largest absolute Gasteiger partial charge is 0.465 e. The summed E-state index contributed by atoms with van der Waals surface area (Å²) in [5.41, 5.74) is 1.14. The van der Waals surface area contributed by atoms with Gasteiger partial charge in [0.15, 0.2) is 5.13 Å². The number of nitrogens with zero attached hydrogens (tertiary/aromatic N) is 3. The smallest absolute Gasteiger partial charge is 0.223 e. The van der Waals surface area contributed by atoms with Gasteiger partial charge in [-0.3, -0.25) is 9.59 Å². The zero-order chi connectivity index (χ0) is 20.4. The van der Waals surface area contributed by atoms with Crippen LogP contribution < -0.4 is 10.2 Å². The predicted octanol–water partition coefficient (Wildman–Crippen LogP) is 2.52. The van der Waals surface area contributed by atoms with Crippen LogP contribution in [0.4, 0.5) is 5.13 Å². The van der Waals surface area contributed by atoms with Crippen LogP contribution in [0.15, 0.2) is 16.5 Å². The molecule has 0 radical (unpaired) electrons. The molecule has 2 aliphatic rings. The summed E-state index contributed by atoms with van der Waals surface area (Å²) < 4.78 is 5.52. The Morgan fingerprint density at radius 3 is 2.76 bits per heavy atom. The van der Waals surface area contributed by atoms with Crippen LogP contribution in [-0.4, -0.2) is 47.9 Å². The van der Waals surface area contributed by atoms with Gasteiger partial charge in [-0.15, -0.1) is 11.3 Å². The van der Waals surface area contributed by atoms with Crippen LogP contribution in [0, 0.1) is 12.8 Å². The van der Waals surface area contributed by atoms with Crippen LogP contribution in [0.2, 0.25) is 0 Å². The Balaban J connectivity index is 1.33.